The minimum atomic E-state index is -0.268. The van der Waals surface area contributed by atoms with E-state index in [-0.39, 0.29) is 11.8 Å². The SMILES string of the molecule is CCC(=O)Nc1cccc(C(=O)Nc2ccc(Oc3ccccc3OC)cc2)c1. The van der Waals surface area contributed by atoms with Crippen LogP contribution >= 0.6 is 0 Å². The summed E-state index contributed by atoms with van der Waals surface area (Å²) in [5.74, 6) is 1.50. The van der Waals surface area contributed by atoms with Crippen molar-refractivity contribution >= 4 is 23.2 Å². The van der Waals surface area contributed by atoms with Crippen molar-refractivity contribution in [2.24, 2.45) is 0 Å². The smallest absolute Gasteiger partial charge is 0.255 e. The molecule has 0 spiro atoms. The van der Waals surface area contributed by atoms with E-state index in [1.54, 1.807) is 62.6 Å². The number of para-hydroxylation sites is 2. The van der Waals surface area contributed by atoms with Gasteiger partial charge in [0.15, 0.2) is 11.5 Å². The molecule has 3 rings (SSSR count). The average Bonchev–Trinajstić information content (AvgIpc) is 2.75. The summed E-state index contributed by atoms with van der Waals surface area (Å²) >= 11 is 0. The highest BCUT2D eigenvalue weighted by Gasteiger charge is 2.09. The van der Waals surface area contributed by atoms with Crippen LogP contribution in [-0.2, 0) is 4.79 Å². The van der Waals surface area contributed by atoms with Crippen molar-refractivity contribution in [1.82, 2.24) is 0 Å². The molecule has 0 unspecified atom stereocenters. The summed E-state index contributed by atoms with van der Waals surface area (Å²) in [7, 11) is 1.59. The number of hydrogen-bond donors (Lipinski definition) is 2. The van der Waals surface area contributed by atoms with E-state index >= 15 is 0 Å². The summed E-state index contributed by atoms with van der Waals surface area (Å²) in [4.78, 5) is 24.0. The van der Waals surface area contributed by atoms with Crippen LogP contribution in [0.3, 0.4) is 0 Å². The lowest BCUT2D eigenvalue weighted by molar-refractivity contribution is -0.115. The zero-order chi connectivity index (χ0) is 20.6. The molecule has 2 N–H and O–H groups in total. The van der Waals surface area contributed by atoms with E-state index in [0.29, 0.717) is 40.6 Å². The molecule has 3 aromatic rings. The Balaban J connectivity index is 1.66. The van der Waals surface area contributed by atoms with Gasteiger partial charge in [-0.1, -0.05) is 25.1 Å². The Bertz CT molecular complexity index is 1000. The van der Waals surface area contributed by atoms with Gasteiger partial charge in [-0.05, 0) is 54.6 Å². The van der Waals surface area contributed by atoms with Crippen molar-refractivity contribution in [2.75, 3.05) is 17.7 Å². The second-order valence-corrected chi connectivity index (χ2v) is 6.21. The molecule has 6 nitrogen and oxygen atoms in total. The Hall–Kier alpha value is -3.80. The lowest BCUT2D eigenvalue weighted by Gasteiger charge is -2.11. The van der Waals surface area contributed by atoms with Crippen LogP contribution in [0.5, 0.6) is 17.2 Å². The number of rotatable bonds is 7. The van der Waals surface area contributed by atoms with Crippen LogP contribution in [0.1, 0.15) is 23.7 Å². The molecule has 0 aliphatic carbocycles. The number of carbonyl (C=O) groups excluding carboxylic acids is 2. The fraction of sp³-hybridized carbons (Fsp3) is 0.130. The average molecular weight is 390 g/mol. The molecule has 0 radical (unpaired) electrons. The fourth-order valence-electron chi connectivity index (χ4n) is 2.63. The van der Waals surface area contributed by atoms with E-state index in [0.717, 1.165) is 0 Å². The molecular weight excluding hydrogens is 368 g/mol. The van der Waals surface area contributed by atoms with Gasteiger partial charge in [-0.15, -0.1) is 0 Å². The van der Waals surface area contributed by atoms with Crippen LogP contribution in [0.15, 0.2) is 72.8 Å². The zero-order valence-corrected chi connectivity index (χ0v) is 16.3. The van der Waals surface area contributed by atoms with E-state index in [2.05, 4.69) is 10.6 Å². The monoisotopic (exact) mass is 390 g/mol. The Kier molecular flexibility index (Phi) is 6.47. The van der Waals surface area contributed by atoms with Gasteiger partial charge < -0.3 is 20.1 Å². The third-order valence-corrected chi connectivity index (χ3v) is 4.14. The maximum atomic E-state index is 12.5. The number of amides is 2. The van der Waals surface area contributed by atoms with Crippen LogP contribution in [0.2, 0.25) is 0 Å². The normalized spacial score (nSPS) is 10.1. The number of nitrogens with one attached hydrogen (secondary N) is 2. The topological polar surface area (TPSA) is 76.7 Å². The zero-order valence-electron chi connectivity index (χ0n) is 16.3. The highest BCUT2D eigenvalue weighted by atomic mass is 16.5. The molecule has 0 aliphatic rings. The minimum Gasteiger partial charge on any atom is -0.493 e. The molecule has 0 atom stereocenters. The summed E-state index contributed by atoms with van der Waals surface area (Å²) < 4.78 is 11.1. The molecule has 0 aromatic heterocycles. The minimum absolute atomic E-state index is 0.104. The van der Waals surface area contributed by atoms with Gasteiger partial charge in [0.1, 0.15) is 5.75 Å². The molecule has 6 heteroatoms. The van der Waals surface area contributed by atoms with E-state index in [9.17, 15) is 9.59 Å². The molecule has 2 amide bonds. The molecule has 0 saturated heterocycles. The third kappa shape index (κ3) is 5.35. The molecule has 3 aromatic carbocycles. The second-order valence-electron chi connectivity index (χ2n) is 6.21. The molecule has 148 valence electrons. The van der Waals surface area contributed by atoms with Gasteiger partial charge in [-0.2, -0.15) is 0 Å². The molecule has 0 heterocycles. The van der Waals surface area contributed by atoms with Crippen LogP contribution in [0, 0.1) is 0 Å². The number of methoxy groups -OCH3 is 1. The van der Waals surface area contributed by atoms with Gasteiger partial charge in [0.2, 0.25) is 5.91 Å². The lowest BCUT2D eigenvalue weighted by Crippen LogP contribution is -2.13. The Morgan fingerprint density at radius 1 is 0.828 bits per heavy atom. The predicted octanol–water partition coefficient (Wildman–Crippen LogP) is 5.09. The van der Waals surface area contributed by atoms with Crippen molar-refractivity contribution in [3.05, 3.63) is 78.4 Å². The standard InChI is InChI=1S/C23H22N2O4/c1-3-22(26)24-18-8-6-7-16(15-18)23(27)25-17-11-13-19(14-12-17)29-21-10-5-4-9-20(21)28-2/h4-15H,3H2,1-2H3,(H,24,26)(H,25,27). The second kappa shape index (κ2) is 9.41. The molecule has 29 heavy (non-hydrogen) atoms. The Labute approximate surface area is 169 Å². The fourth-order valence-corrected chi connectivity index (χ4v) is 2.63. The van der Waals surface area contributed by atoms with Gasteiger partial charge in [-0.25, -0.2) is 0 Å². The number of anilines is 2. The number of ether oxygens (including phenoxy) is 2. The lowest BCUT2D eigenvalue weighted by atomic mass is 10.1. The number of benzene rings is 3. The summed E-state index contributed by atoms with van der Waals surface area (Å²) in [5.41, 5.74) is 1.67. The van der Waals surface area contributed by atoms with Gasteiger partial charge in [0, 0.05) is 23.4 Å². The van der Waals surface area contributed by atoms with Crippen molar-refractivity contribution < 1.29 is 19.1 Å². The quantitative estimate of drug-likeness (QED) is 0.589. The Morgan fingerprint density at radius 2 is 1.55 bits per heavy atom. The predicted molar refractivity (Wildman–Crippen MR) is 113 cm³/mol. The van der Waals surface area contributed by atoms with Crippen LogP contribution in [-0.4, -0.2) is 18.9 Å². The first-order valence-corrected chi connectivity index (χ1v) is 9.21. The van der Waals surface area contributed by atoms with Crippen molar-refractivity contribution in [3.63, 3.8) is 0 Å². The highest BCUT2D eigenvalue weighted by Crippen LogP contribution is 2.31. The summed E-state index contributed by atoms with van der Waals surface area (Å²) in [6.45, 7) is 1.77. The van der Waals surface area contributed by atoms with Gasteiger partial charge in [0.25, 0.3) is 5.91 Å². The van der Waals surface area contributed by atoms with Crippen molar-refractivity contribution in [3.8, 4) is 17.2 Å². The van der Waals surface area contributed by atoms with Crippen LogP contribution in [0.25, 0.3) is 0 Å². The van der Waals surface area contributed by atoms with Gasteiger partial charge in [-0.3, -0.25) is 9.59 Å². The first-order valence-electron chi connectivity index (χ1n) is 9.21. The molecular formula is C23H22N2O4. The van der Waals surface area contributed by atoms with E-state index in [1.807, 2.05) is 24.3 Å². The van der Waals surface area contributed by atoms with Crippen molar-refractivity contribution in [2.45, 2.75) is 13.3 Å². The molecule has 0 fully saturated rings. The summed E-state index contributed by atoms with van der Waals surface area (Å²) in [6.07, 6.45) is 0.375. The van der Waals surface area contributed by atoms with Crippen LogP contribution in [0.4, 0.5) is 11.4 Å². The van der Waals surface area contributed by atoms with Crippen molar-refractivity contribution in [1.29, 1.82) is 0 Å². The first-order chi connectivity index (χ1) is 14.1. The number of carbonyl (C=O) groups is 2. The van der Waals surface area contributed by atoms with E-state index in [1.165, 1.54) is 0 Å². The highest BCUT2D eigenvalue weighted by molar-refractivity contribution is 6.05. The maximum absolute atomic E-state index is 12.5. The summed E-state index contributed by atoms with van der Waals surface area (Å²) in [6, 6.07) is 21.2. The first kappa shape index (κ1) is 19.9. The molecule has 0 saturated carbocycles. The van der Waals surface area contributed by atoms with E-state index < -0.39 is 0 Å². The Morgan fingerprint density at radius 3 is 2.24 bits per heavy atom. The van der Waals surface area contributed by atoms with E-state index in [4.69, 9.17) is 9.47 Å². The maximum Gasteiger partial charge on any atom is 0.255 e. The molecule has 0 aliphatic heterocycles. The van der Waals surface area contributed by atoms with Gasteiger partial charge >= 0.3 is 0 Å². The molecule has 0 bridgehead atoms. The summed E-state index contributed by atoms with van der Waals surface area (Å²) in [5, 5.41) is 5.58. The largest absolute Gasteiger partial charge is 0.493 e. The third-order valence-electron chi connectivity index (χ3n) is 4.14. The van der Waals surface area contributed by atoms with Gasteiger partial charge in [0.05, 0.1) is 7.11 Å². The number of hydrogen-bond acceptors (Lipinski definition) is 4. The van der Waals surface area contributed by atoms with Crippen LogP contribution < -0.4 is 20.1 Å².